The maximum Gasteiger partial charge on any atom is 0.276 e. The molecule has 0 spiro atoms. The molecule has 0 aliphatic rings. The van der Waals surface area contributed by atoms with Crippen molar-refractivity contribution in [2.24, 2.45) is 5.10 Å². The predicted molar refractivity (Wildman–Crippen MR) is 120 cm³/mol. The second kappa shape index (κ2) is 10.3. The Bertz CT molecular complexity index is 1090. The highest BCUT2D eigenvalue weighted by atomic mass is 32.2. The van der Waals surface area contributed by atoms with Gasteiger partial charge in [-0.15, -0.1) is 5.10 Å². The van der Waals surface area contributed by atoms with Crippen LogP contribution in [-0.2, 0) is 16.6 Å². The Balaban J connectivity index is 1.76. The summed E-state index contributed by atoms with van der Waals surface area (Å²) in [5.41, 5.74) is 3.44. The molecule has 0 saturated heterocycles. The molecular formula is C22H29N5O2S. The standard InChI is InChI=1S/C22H29N5O2S/c1-3-4-5-6-7-10-19(17-27-22-12-9-8-11-21(22)24-25-27)23-26-30(28,29)20-15-13-18(2)14-16-20/h8-9,11-16,26H,3-7,10,17H2,1-2H3/b23-19+. The van der Waals surface area contributed by atoms with Crippen LogP contribution in [0.5, 0.6) is 0 Å². The average molecular weight is 428 g/mol. The van der Waals surface area contributed by atoms with E-state index < -0.39 is 10.0 Å². The van der Waals surface area contributed by atoms with Crippen LogP contribution in [0.1, 0.15) is 51.0 Å². The number of unbranched alkanes of at least 4 members (excludes halogenated alkanes) is 4. The number of hydrogen-bond donors (Lipinski definition) is 1. The summed E-state index contributed by atoms with van der Waals surface area (Å²) >= 11 is 0. The molecule has 30 heavy (non-hydrogen) atoms. The largest absolute Gasteiger partial charge is 0.276 e. The summed E-state index contributed by atoms with van der Waals surface area (Å²) < 4.78 is 27.0. The van der Waals surface area contributed by atoms with Crippen LogP contribution in [0, 0.1) is 6.92 Å². The van der Waals surface area contributed by atoms with Gasteiger partial charge in [-0.05, 0) is 44.0 Å². The zero-order chi connectivity index (χ0) is 21.4. The second-order valence-corrected chi connectivity index (χ2v) is 9.15. The average Bonchev–Trinajstić information content (AvgIpc) is 3.15. The first-order chi connectivity index (χ1) is 14.5. The topological polar surface area (TPSA) is 89.2 Å². The van der Waals surface area contributed by atoms with Gasteiger partial charge in [0.2, 0.25) is 0 Å². The summed E-state index contributed by atoms with van der Waals surface area (Å²) in [6, 6.07) is 14.4. The van der Waals surface area contributed by atoms with Gasteiger partial charge in [0.15, 0.2) is 0 Å². The minimum atomic E-state index is -3.72. The van der Waals surface area contributed by atoms with Crippen molar-refractivity contribution in [2.45, 2.75) is 63.8 Å². The van der Waals surface area contributed by atoms with Gasteiger partial charge in [0.25, 0.3) is 10.0 Å². The summed E-state index contributed by atoms with van der Waals surface area (Å²) in [5.74, 6) is 0. The van der Waals surface area contributed by atoms with Crippen molar-refractivity contribution in [3.05, 3.63) is 54.1 Å². The van der Waals surface area contributed by atoms with Gasteiger partial charge in [0.1, 0.15) is 5.52 Å². The molecule has 3 rings (SSSR count). The van der Waals surface area contributed by atoms with Crippen LogP contribution in [0.2, 0.25) is 0 Å². The van der Waals surface area contributed by atoms with Gasteiger partial charge in [-0.3, -0.25) is 0 Å². The Hall–Kier alpha value is -2.74. The van der Waals surface area contributed by atoms with E-state index in [2.05, 4.69) is 27.2 Å². The lowest BCUT2D eigenvalue weighted by Gasteiger charge is -2.10. The van der Waals surface area contributed by atoms with Gasteiger partial charge in [0, 0.05) is 0 Å². The third-order valence-electron chi connectivity index (χ3n) is 4.98. The molecule has 0 bridgehead atoms. The minimum absolute atomic E-state index is 0.199. The lowest BCUT2D eigenvalue weighted by atomic mass is 10.1. The fourth-order valence-corrected chi connectivity index (χ4v) is 4.05. The molecule has 1 heterocycles. The molecule has 0 saturated carbocycles. The first-order valence-electron chi connectivity index (χ1n) is 10.4. The molecule has 160 valence electrons. The Kier molecular flexibility index (Phi) is 7.57. The predicted octanol–water partition coefficient (Wildman–Crippen LogP) is 4.43. The number of fused-ring (bicyclic) bond motifs is 1. The van der Waals surface area contributed by atoms with Gasteiger partial charge in [-0.1, -0.05) is 67.6 Å². The van der Waals surface area contributed by atoms with Crippen molar-refractivity contribution in [3.63, 3.8) is 0 Å². The number of aryl methyl sites for hydroxylation is 1. The molecule has 7 nitrogen and oxygen atoms in total. The van der Waals surface area contributed by atoms with Crippen LogP contribution >= 0.6 is 0 Å². The number of hydrazone groups is 1. The molecule has 3 aromatic rings. The molecule has 0 fully saturated rings. The fourth-order valence-electron chi connectivity index (χ4n) is 3.20. The summed E-state index contributed by atoms with van der Waals surface area (Å²) in [7, 11) is -3.72. The van der Waals surface area contributed by atoms with E-state index in [-0.39, 0.29) is 4.90 Å². The van der Waals surface area contributed by atoms with Crippen LogP contribution in [0.3, 0.4) is 0 Å². The third-order valence-corrected chi connectivity index (χ3v) is 6.20. The molecule has 0 aliphatic carbocycles. The quantitative estimate of drug-likeness (QED) is 0.278. The highest BCUT2D eigenvalue weighted by molar-refractivity contribution is 7.89. The Labute approximate surface area is 178 Å². The highest BCUT2D eigenvalue weighted by Crippen LogP contribution is 2.13. The molecule has 1 N–H and O–H groups in total. The summed E-state index contributed by atoms with van der Waals surface area (Å²) in [6.07, 6.45) is 6.31. The molecule has 0 unspecified atom stereocenters. The van der Waals surface area contributed by atoms with Crippen molar-refractivity contribution in [2.75, 3.05) is 0 Å². The lowest BCUT2D eigenvalue weighted by molar-refractivity contribution is 0.583. The van der Waals surface area contributed by atoms with Crippen LogP contribution < -0.4 is 4.83 Å². The number of nitrogens with one attached hydrogen (secondary N) is 1. The van der Waals surface area contributed by atoms with E-state index in [0.29, 0.717) is 13.0 Å². The second-order valence-electron chi connectivity index (χ2n) is 7.49. The summed E-state index contributed by atoms with van der Waals surface area (Å²) in [4.78, 5) is 2.61. The molecule has 0 radical (unpaired) electrons. The van der Waals surface area contributed by atoms with Crippen molar-refractivity contribution >= 4 is 26.8 Å². The Morgan fingerprint density at radius 1 is 1.03 bits per heavy atom. The van der Waals surface area contributed by atoms with Crippen molar-refractivity contribution in [1.82, 2.24) is 19.8 Å². The van der Waals surface area contributed by atoms with Gasteiger partial charge in [0.05, 0.1) is 22.7 Å². The Morgan fingerprint density at radius 2 is 1.77 bits per heavy atom. The number of hydrogen-bond acceptors (Lipinski definition) is 5. The van der Waals surface area contributed by atoms with Crippen LogP contribution in [-0.4, -0.2) is 29.1 Å². The number of para-hydroxylation sites is 1. The number of aromatic nitrogens is 3. The summed E-state index contributed by atoms with van der Waals surface area (Å²) in [5, 5.41) is 12.7. The lowest BCUT2D eigenvalue weighted by Crippen LogP contribution is -2.22. The normalized spacial score (nSPS) is 12.4. The van der Waals surface area contributed by atoms with E-state index in [9.17, 15) is 8.42 Å². The molecule has 8 heteroatoms. The Morgan fingerprint density at radius 3 is 2.53 bits per heavy atom. The van der Waals surface area contributed by atoms with Crippen LogP contribution in [0.15, 0.2) is 58.5 Å². The molecule has 0 atom stereocenters. The summed E-state index contributed by atoms with van der Waals surface area (Å²) in [6.45, 7) is 4.49. The molecular weight excluding hydrogens is 398 g/mol. The number of sulfonamides is 1. The van der Waals surface area contributed by atoms with E-state index in [1.165, 1.54) is 19.3 Å². The first kappa shape index (κ1) is 22.0. The molecule has 2 aromatic carbocycles. The number of nitrogens with zero attached hydrogens (tertiary/aromatic N) is 4. The van der Waals surface area contributed by atoms with Crippen LogP contribution in [0.25, 0.3) is 11.0 Å². The number of rotatable bonds is 11. The van der Waals surface area contributed by atoms with E-state index >= 15 is 0 Å². The zero-order valence-electron chi connectivity index (χ0n) is 17.6. The van der Waals surface area contributed by atoms with E-state index in [4.69, 9.17) is 0 Å². The third kappa shape index (κ3) is 5.89. The van der Waals surface area contributed by atoms with E-state index in [1.807, 2.05) is 31.2 Å². The fraction of sp³-hybridized carbons (Fsp3) is 0.409. The highest BCUT2D eigenvalue weighted by Gasteiger charge is 2.14. The van der Waals surface area contributed by atoms with Crippen molar-refractivity contribution < 1.29 is 8.42 Å². The monoisotopic (exact) mass is 427 g/mol. The molecule has 0 aliphatic heterocycles. The van der Waals surface area contributed by atoms with Crippen molar-refractivity contribution in [3.8, 4) is 0 Å². The smallest absolute Gasteiger partial charge is 0.239 e. The molecule has 1 aromatic heterocycles. The SMILES string of the molecule is CCCCCCC/C(Cn1nnc2ccccc21)=N\NS(=O)(=O)c1ccc(C)cc1. The van der Waals surface area contributed by atoms with Gasteiger partial charge in [-0.25, -0.2) is 9.51 Å². The van der Waals surface area contributed by atoms with Crippen LogP contribution in [0.4, 0.5) is 0 Å². The minimum Gasteiger partial charge on any atom is -0.239 e. The van der Waals surface area contributed by atoms with E-state index in [1.54, 1.807) is 28.9 Å². The maximum absolute atomic E-state index is 12.6. The van der Waals surface area contributed by atoms with E-state index in [0.717, 1.165) is 35.2 Å². The zero-order valence-corrected chi connectivity index (χ0v) is 18.4. The number of benzene rings is 2. The maximum atomic E-state index is 12.6. The first-order valence-corrected chi connectivity index (χ1v) is 11.9. The molecule has 0 amide bonds. The van der Waals surface area contributed by atoms with Gasteiger partial charge >= 0.3 is 0 Å². The van der Waals surface area contributed by atoms with Gasteiger partial charge < -0.3 is 0 Å². The van der Waals surface area contributed by atoms with Gasteiger partial charge in [-0.2, -0.15) is 13.5 Å². The van der Waals surface area contributed by atoms with Crippen molar-refractivity contribution in [1.29, 1.82) is 0 Å².